The summed E-state index contributed by atoms with van der Waals surface area (Å²) in [6.45, 7) is 3.73. The van der Waals surface area contributed by atoms with Crippen LogP contribution in [0.15, 0.2) is 12.3 Å². The van der Waals surface area contributed by atoms with Gasteiger partial charge in [0.2, 0.25) is 5.28 Å². The number of ether oxygens (including phenoxy) is 3. The number of carbonyl (C=O) groups excluding carboxylic acids is 1. The van der Waals surface area contributed by atoms with Crippen molar-refractivity contribution in [2.75, 3.05) is 18.9 Å². The average molecular weight is 413 g/mol. The van der Waals surface area contributed by atoms with Gasteiger partial charge in [0.05, 0.1) is 18.6 Å². The number of carbonyl (C=O) groups is 1. The van der Waals surface area contributed by atoms with E-state index in [1.165, 1.54) is 0 Å². The van der Waals surface area contributed by atoms with Crippen LogP contribution < -0.4 is 5.73 Å². The lowest BCUT2D eigenvalue weighted by molar-refractivity contribution is -0.121. The molecule has 0 radical (unpaired) electrons. The molecule has 1 aliphatic rings. The molecule has 3 heterocycles. The van der Waals surface area contributed by atoms with Gasteiger partial charge in [0.15, 0.2) is 0 Å². The molecule has 0 unspecified atom stereocenters. The third kappa shape index (κ3) is 4.16. The molecule has 9 nitrogen and oxygen atoms in total. The molecule has 1 aliphatic heterocycles. The van der Waals surface area contributed by atoms with E-state index in [1.807, 2.05) is 0 Å². The van der Waals surface area contributed by atoms with Gasteiger partial charge in [-0.05, 0) is 31.0 Å². The lowest BCUT2D eigenvalue weighted by atomic mass is 10.0. The number of unbranched alkanes of at least 4 members (excludes halogenated alkanes) is 2. The summed E-state index contributed by atoms with van der Waals surface area (Å²) in [5, 5.41) is 10.5. The van der Waals surface area contributed by atoms with Crippen molar-refractivity contribution < 1.29 is 24.1 Å². The van der Waals surface area contributed by atoms with E-state index in [-0.39, 0.29) is 17.7 Å². The van der Waals surface area contributed by atoms with Gasteiger partial charge >= 0.3 is 6.16 Å². The van der Waals surface area contributed by atoms with Crippen LogP contribution in [-0.4, -0.2) is 50.7 Å². The van der Waals surface area contributed by atoms with E-state index >= 15 is 0 Å². The first kappa shape index (κ1) is 20.6. The second-order valence-electron chi connectivity index (χ2n) is 7.03. The Morgan fingerprint density at radius 2 is 2.29 bits per heavy atom. The van der Waals surface area contributed by atoms with Gasteiger partial charge < -0.3 is 29.6 Å². The van der Waals surface area contributed by atoms with E-state index in [0.29, 0.717) is 24.1 Å². The lowest BCUT2D eigenvalue weighted by Gasteiger charge is -2.27. The highest BCUT2D eigenvalue weighted by atomic mass is 35.5. The number of aliphatic hydroxyl groups is 1. The van der Waals surface area contributed by atoms with Crippen LogP contribution in [0, 0.1) is 0 Å². The van der Waals surface area contributed by atoms with Gasteiger partial charge in [-0.2, -0.15) is 4.98 Å². The second kappa shape index (κ2) is 8.50. The van der Waals surface area contributed by atoms with Crippen LogP contribution in [0.25, 0.3) is 11.0 Å². The van der Waals surface area contributed by atoms with Crippen molar-refractivity contribution in [1.82, 2.24) is 14.5 Å². The van der Waals surface area contributed by atoms with Crippen molar-refractivity contribution in [3.05, 3.63) is 17.5 Å². The van der Waals surface area contributed by atoms with Crippen molar-refractivity contribution in [2.45, 2.75) is 57.5 Å². The molecule has 0 bridgehead atoms. The zero-order valence-corrected chi connectivity index (χ0v) is 16.7. The zero-order chi connectivity index (χ0) is 20.3. The van der Waals surface area contributed by atoms with Crippen LogP contribution in [0.2, 0.25) is 5.28 Å². The Morgan fingerprint density at radius 1 is 1.50 bits per heavy atom. The van der Waals surface area contributed by atoms with Gasteiger partial charge in [-0.1, -0.05) is 19.8 Å². The molecule has 0 saturated carbocycles. The van der Waals surface area contributed by atoms with Crippen LogP contribution in [0.3, 0.4) is 0 Å². The van der Waals surface area contributed by atoms with Crippen molar-refractivity contribution in [2.24, 2.45) is 0 Å². The highest BCUT2D eigenvalue weighted by Gasteiger charge is 2.48. The summed E-state index contributed by atoms with van der Waals surface area (Å²) in [6.07, 6.45) is 2.87. The normalized spacial score (nSPS) is 24.6. The number of aromatic nitrogens is 3. The molecule has 3 atom stereocenters. The highest BCUT2D eigenvalue weighted by Crippen LogP contribution is 2.40. The molecule has 10 heteroatoms. The first-order valence-electron chi connectivity index (χ1n) is 9.29. The maximum atomic E-state index is 12.0. The number of nitrogen functional groups attached to an aromatic ring is 1. The maximum absolute atomic E-state index is 12.0. The first-order chi connectivity index (χ1) is 13.4. The Hall–Kier alpha value is -2.10. The van der Waals surface area contributed by atoms with Crippen LogP contribution in [0.1, 0.15) is 45.8 Å². The number of nitrogens with zero attached hydrogens (tertiary/aromatic N) is 3. The minimum absolute atomic E-state index is 0.0244. The predicted octanol–water partition coefficient (Wildman–Crippen LogP) is 3.05. The number of halogens is 1. The van der Waals surface area contributed by atoms with Crippen molar-refractivity contribution in [3.8, 4) is 0 Å². The number of hydrogen-bond acceptors (Lipinski definition) is 8. The van der Waals surface area contributed by atoms with Crippen LogP contribution >= 0.6 is 11.6 Å². The molecule has 28 heavy (non-hydrogen) atoms. The Bertz CT molecular complexity index is 845. The fourth-order valence-electron chi connectivity index (χ4n) is 3.27. The summed E-state index contributed by atoms with van der Waals surface area (Å²) in [6, 6.07) is 1.76. The third-order valence-corrected chi connectivity index (χ3v) is 5.08. The Balaban J connectivity index is 1.74. The summed E-state index contributed by atoms with van der Waals surface area (Å²) in [5.41, 5.74) is 5.32. The Labute approximate surface area is 167 Å². The maximum Gasteiger partial charge on any atom is 0.508 e. The van der Waals surface area contributed by atoms with Crippen molar-refractivity contribution in [1.29, 1.82) is 0 Å². The van der Waals surface area contributed by atoms with Gasteiger partial charge in [-0.3, -0.25) is 0 Å². The molecule has 0 aromatic carbocycles. The minimum atomic E-state index is -1.08. The van der Waals surface area contributed by atoms with Gasteiger partial charge in [0.25, 0.3) is 0 Å². The Kier molecular flexibility index (Phi) is 6.26. The number of nitrogens with two attached hydrogens (primary N) is 1. The number of fused-ring (bicyclic) bond motifs is 1. The molecular formula is C18H25ClN4O5. The molecule has 1 saturated heterocycles. The van der Waals surface area contributed by atoms with Crippen molar-refractivity contribution in [3.63, 3.8) is 0 Å². The second-order valence-corrected chi connectivity index (χ2v) is 7.37. The molecule has 2 aromatic heterocycles. The van der Waals surface area contributed by atoms with E-state index < -0.39 is 24.1 Å². The van der Waals surface area contributed by atoms with E-state index in [0.717, 1.165) is 19.3 Å². The molecule has 3 rings (SSSR count). The summed E-state index contributed by atoms with van der Waals surface area (Å²) in [5.74, 6) is 0.264. The topological polar surface area (TPSA) is 122 Å². The van der Waals surface area contributed by atoms with Crippen LogP contribution in [0.5, 0.6) is 0 Å². The molecule has 1 fully saturated rings. The number of anilines is 1. The number of aliphatic hydroxyl groups excluding tert-OH is 1. The molecule has 154 valence electrons. The lowest BCUT2D eigenvalue weighted by Crippen LogP contribution is -2.42. The molecule has 0 aliphatic carbocycles. The average Bonchev–Trinajstić information content (AvgIpc) is 3.21. The molecule has 0 amide bonds. The number of rotatable bonds is 7. The predicted molar refractivity (Wildman–Crippen MR) is 103 cm³/mol. The summed E-state index contributed by atoms with van der Waals surface area (Å²) in [4.78, 5) is 20.2. The van der Waals surface area contributed by atoms with Gasteiger partial charge in [-0.15, -0.1) is 0 Å². The largest absolute Gasteiger partial charge is 0.508 e. The van der Waals surface area contributed by atoms with E-state index in [1.54, 1.807) is 23.8 Å². The number of hydrogen-bond donors (Lipinski definition) is 2. The quantitative estimate of drug-likeness (QED) is 0.404. The van der Waals surface area contributed by atoms with Crippen LogP contribution in [-0.2, 0) is 14.2 Å². The first-order valence-corrected chi connectivity index (χ1v) is 9.67. The highest BCUT2D eigenvalue weighted by molar-refractivity contribution is 6.28. The standard InChI is InChI=1S/C18H25ClN4O5/c1-3-4-5-8-26-17(25)27-12-9-13(28-18(12,2)10-24)23-7-6-11-14(20)21-16(19)22-15(11)23/h6-7,12-13,24H,3-5,8-10H2,1-2H3,(H2,20,21,22)/t12-,13+,18+/m0/s1. The van der Waals surface area contributed by atoms with Crippen LogP contribution in [0.4, 0.5) is 10.6 Å². The monoisotopic (exact) mass is 412 g/mol. The van der Waals surface area contributed by atoms with Gasteiger partial charge in [0.1, 0.15) is 29.4 Å². The summed E-state index contributed by atoms with van der Waals surface area (Å²) in [7, 11) is 0. The molecular weight excluding hydrogens is 388 g/mol. The summed E-state index contributed by atoms with van der Waals surface area (Å²) < 4.78 is 18.3. The van der Waals surface area contributed by atoms with Gasteiger partial charge in [-0.25, -0.2) is 9.78 Å². The fraction of sp³-hybridized carbons (Fsp3) is 0.611. The SMILES string of the molecule is CCCCCOC(=O)O[C@H]1C[C@H](n2ccc3c(N)nc(Cl)nc32)O[C@]1(C)CO. The third-order valence-electron chi connectivity index (χ3n) is 4.91. The minimum Gasteiger partial charge on any atom is -0.434 e. The molecule has 3 N–H and O–H groups in total. The van der Waals surface area contributed by atoms with E-state index in [4.69, 9.17) is 31.5 Å². The fourth-order valence-corrected chi connectivity index (χ4v) is 3.44. The van der Waals surface area contributed by atoms with Gasteiger partial charge in [0, 0.05) is 12.6 Å². The summed E-state index contributed by atoms with van der Waals surface area (Å²) >= 11 is 5.93. The zero-order valence-electron chi connectivity index (χ0n) is 15.9. The molecule has 0 spiro atoms. The molecule has 2 aromatic rings. The Morgan fingerprint density at radius 3 is 3.00 bits per heavy atom. The van der Waals surface area contributed by atoms with Crippen molar-refractivity contribution >= 4 is 34.6 Å². The van der Waals surface area contributed by atoms with E-state index in [2.05, 4.69) is 16.9 Å². The van der Waals surface area contributed by atoms with E-state index in [9.17, 15) is 9.90 Å². The smallest absolute Gasteiger partial charge is 0.434 e.